The molecule has 43 nitrogen and oxygen atoms in total. The second kappa shape index (κ2) is 52.5. The third-order valence-electron chi connectivity index (χ3n) is 26.1. The van der Waals surface area contributed by atoms with Gasteiger partial charge in [0.05, 0.1) is 24.8 Å². The molecule has 0 saturated carbocycles. The Bertz CT molecular complexity index is 5590. The van der Waals surface area contributed by atoms with Crippen molar-refractivity contribution in [1.29, 1.82) is 0 Å². The van der Waals surface area contributed by atoms with Crippen molar-refractivity contribution in [3.05, 3.63) is 132 Å². The number of phenolic OH excluding ortho intramolecular Hbond substituents is 1. The average molecular weight is 2000 g/mol. The van der Waals surface area contributed by atoms with E-state index in [1.807, 2.05) is 13.8 Å². The number of aromatic hydroxyl groups is 1. The third kappa shape index (κ3) is 30.3. The van der Waals surface area contributed by atoms with Crippen molar-refractivity contribution in [2.75, 3.05) is 65.4 Å². The van der Waals surface area contributed by atoms with Gasteiger partial charge in [0.2, 0.25) is 100 Å². The number of nitrogens with two attached hydrogens (primary N) is 3. The number of carbonyl (C=O) groups excluding carboxylic acids is 18. The van der Waals surface area contributed by atoms with E-state index in [1.165, 1.54) is 74.1 Å². The maximum Gasteiger partial charge on any atom is 0.562 e. The Kier molecular flexibility index (Phi) is 40.9. The van der Waals surface area contributed by atoms with E-state index in [1.54, 1.807) is 101 Å². The Morgan fingerprint density at radius 2 is 1.18 bits per heavy atom. The molecule has 6 aromatic rings. The lowest BCUT2D eigenvalue weighted by Gasteiger charge is -2.36. The van der Waals surface area contributed by atoms with Crippen LogP contribution < -0.4 is 81.1 Å². The highest BCUT2D eigenvalue weighted by Gasteiger charge is 2.47. The Hall–Kier alpha value is -13.5. The summed E-state index contributed by atoms with van der Waals surface area (Å²) < 4.78 is 7.31. The normalized spacial score (nSPS) is 24.9. The SMILES string of the molecule is CCCC[C@H]1C(=O)N(C)[C@@H](CCCC)C(=O)N[C@@H](CC(C)C)C(=O)N[C@H](C(=O)NCC(N)=O)CSCC(=O)N[C@@H](Cc2ccc(O)cc2)C(=O)N(C)[C@@H](C)C(=O)N[C@@H](CC(N)=O)C(=O)N2CCC[C@H]2C(=O)N[C@H]2CNCc3ccccc3B(O)OC(=O)Cn3cc(c4ccccc43)C[C@H](NC(=O)[C@H](CCN)NC(=O)[C@H](Cc3c[nH]c4ccccc34)NC(=O)[C@@H]3C[C@@H](O)CN3C(=O)[C@H](CC(C)C)NC2=O)C(=O)N1C. The lowest BCUT2D eigenvalue weighted by molar-refractivity contribution is -0.149. The van der Waals surface area contributed by atoms with Gasteiger partial charge in [-0.05, 0) is 117 Å². The number of carbonyl (C=O) groups is 18. The number of phenols is 1. The van der Waals surface area contributed by atoms with Gasteiger partial charge in [-0.2, -0.15) is 0 Å². The number of primary amides is 2. The number of amides is 17. The molecule has 4 aromatic carbocycles. The minimum atomic E-state index is -2.00. The number of benzene rings is 4. The number of nitrogens with one attached hydrogen (secondary N) is 12. The second-order valence-electron chi connectivity index (χ2n) is 37.9. The maximum atomic E-state index is 16.3. The fourth-order valence-electron chi connectivity index (χ4n) is 18.3. The molecule has 774 valence electrons. The number of aromatic nitrogens is 2. The number of hydrogen-bond donors (Lipinski definition) is 18. The average Bonchev–Trinajstić information content (AvgIpc) is 1.65. The Balaban J connectivity index is 1.11. The van der Waals surface area contributed by atoms with Crippen molar-refractivity contribution >= 4 is 153 Å². The highest BCUT2D eigenvalue weighted by atomic mass is 32.2. The molecule has 4 aliphatic heterocycles. The van der Waals surface area contributed by atoms with E-state index in [0.717, 1.165) is 31.4 Å². The number of fused-ring (bicyclic) bond motifs is 11. The molecule has 0 aliphatic carbocycles. The number of rotatable bonds is 21. The molecule has 45 heteroatoms. The van der Waals surface area contributed by atoms with Crippen LogP contribution in [0.1, 0.15) is 154 Å². The number of likely N-dealkylation sites (N-methyl/N-ethyl adjacent to an activating group) is 3. The van der Waals surface area contributed by atoms with E-state index in [2.05, 4.69) is 63.5 Å². The lowest BCUT2D eigenvalue weighted by Crippen LogP contribution is -2.62. The molecule has 2 fully saturated rings. The predicted octanol–water partition coefficient (Wildman–Crippen LogP) is -2.25. The van der Waals surface area contributed by atoms with Gasteiger partial charge < -0.3 is 130 Å². The van der Waals surface area contributed by atoms with Gasteiger partial charge in [-0.15, -0.1) is 11.8 Å². The van der Waals surface area contributed by atoms with Crippen molar-refractivity contribution in [3.63, 3.8) is 0 Å². The molecule has 6 heterocycles. The third-order valence-corrected chi connectivity index (χ3v) is 27.1. The summed E-state index contributed by atoms with van der Waals surface area (Å²) in [5.74, 6) is -18.8. The zero-order valence-corrected chi connectivity index (χ0v) is 83.2. The monoisotopic (exact) mass is 2000 g/mol. The highest BCUT2D eigenvalue weighted by Crippen LogP contribution is 2.30. The van der Waals surface area contributed by atoms with Gasteiger partial charge in [0.15, 0.2) is 0 Å². The summed E-state index contributed by atoms with van der Waals surface area (Å²) in [5, 5.41) is 65.2. The Labute approximate surface area is 833 Å². The lowest BCUT2D eigenvalue weighted by atomic mass is 9.76. The number of unbranched alkanes of at least 4 members (excludes halogenated alkanes) is 2. The smallest absolute Gasteiger partial charge is 0.508 e. The largest absolute Gasteiger partial charge is 0.562 e. The first-order valence-corrected chi connectivity index (χ1v) is 49.7. The van der Waals surface area contributed by atoms with Gasteiger partial charge in [0.25, 0.3) is 0 Å². The van der Waals surface area contributed by atoms with E-state index in [0.29, 0.717) is 64.2 Å². The molecule has 4 bridgehead atoms. The second-order valence-corrected chi connectivity index (χ2v) is 38.9. The maximum absolute atomic E-state index is 16.3. The van der Waals surface area contributed by atoms with Crippen LogP contribution in [-0.2, 0) is 123 Å². The summed E-state index contributed by atoms with van der Waals surface area (Å²) >= 11 is 0.788. The standard InChI is InChI=1S/C98H136BN21O22S/c1-11-13-27-77-91(133)108-68(38-54(3)4)88(130)114-75(86(128)105-48-82(102)124)52-143-53-83(125)106-71(40-57-31-33-61(121)34-32-57)94(136)115(8)56(7)85(127)110-73(44-81(101)123)96(138)119-37-21-30-78(119)92(134)113-74-47-103-45-58-22-15-18-25-65(58)99(141)142-84(126)51-118-49-60(64-24-17-20-29-76(64)118)42-72(95(137)117(10)79(28-14-12-2)98(140)116(77)9)112-87(129)67(35-36-100)107-89(131)69(41-59-46-104-66-26-19-16-23-63(59)66)109-93(135)80-43-62(122)50-120(80)97(139)70(39-55(5)6)111-90(74)132/h15-20,22-26,29,31-34,46,49,54-56,62,67-75,77-80,103-104,121-122,141H,11-14,21,27-28,30,35-45,47-48,50-53,100H2,1-10H3,(H2,101,123)(H2,102,124)(H,105,128)(H,106,125)(H,107,131)(H,108,133)(H,109,135)(H,110,127)(H,111,132)(H,112,129)(H,113,134)(H,114,130)/t56-,62+,67-,68-,69-,70-,71-,72-,73-,74-,75-,77-,78-,79-,80-/m0/s1. The minimum absolute atomic E-state index is 0.00659. The molecule has 17 amide bonds. The van der Waals surface area contributed by atoms with Gasteiger partial charge in [0, 0.05) is 118 Å². The zero-order valence-electron chi connectivity index (χ0n) is 82.4. The number of para-hydroxylation sites is 2. The van der Waals surface area contributed by atoms with Gasteiger partial charge in [-0.25, -0.2) is 0 Å². The van der Waals surface area contributed by atoms with Crippen molar-refractivity contribution < 1.29 is 106 Å². The summed E-state index contributed by atoms with van der Waals surface area (Å²) in [5.41, 5.74) is 20.2. The predicted molar refractivity (Wildman–Crippen MR) is 530 cm³/mol. The van der Waals surface area contributed by atoms with Crippen LogP contribution in [0.4, 0.5) is 0 Å². The molecule has 15 atom stereocenters. The number of nitrogens with zero attached hydrogens (tertiary/aromatic N) is 6. The Morgan fingerprint density at radius 1 is 0.580 bits per heavy atom. The van der Waals surface area contributed by atoms with Crippen LogP contribution in [0.3, 0.4) is 0 Å². The quantitative estimate of drug-likeness (QED) is 0.0339. The minimum Gasteiger partial charge on any atom is -0.508 e. The van der Waals surface area contributed by atoms with Crippen LogP contribution in [0.25, 0.3) is 21.8 Å². The molecular formula is C98H136BN21O22S. The van der Waals surface area contributed by atoms with E-state index >= 15 is 47.9 Å². The van der Waals surface area contributed by atoms with E-state index in [-0.39, 0.29) is 100 Å². The summed E-state index contributed by atoms with van der Waals surface area (Å²) in [6, 6.07) is 3.61. The van der Waals surface area contributed by atoms with E-state index < -0.39 is 267 Å². The first-order chi connectivity index (χ1) is 68.1. The summed E-state index contributed by atoms with van der Waals surface area (Å²) in [6.45, 7) is 8.97. The number of aromatic amines is 1. The van der Waals surface area contributed by atoms with Gasteiger partial charge in [0.1, 0.15) is 96.9 Å². The fourth-order valence-corrected chi connectivity index (χ4v) is 19.1. The summed E-state index contributed by atoms with van der Waals surface area (Å²) in [4.78, 5) is 278. The van der Waals surface area contributed by atoms with Crippen LogP contribution in [0.5, 0.6) is 5.75 Å². The van der Waals surface area contributed by atoms with Crippen LogP contribution in [0, 0.1) is 11.8 Å². The van der Waals surface area contributed by atoms with Crippen LogP contribution in [0.2, 0.25) is 0 Å². The molecule has 10 rings (SSSR count). The molecular weight excluding hydrogens is 1870 g/mol. The van der Waals surface area contributed by atoms with Crippen LogP contribution >= 0.6 is 11.8 Å². The molecule has 0 spiro atoms. The molecule has 2 aromatic heterocycles. The van der Waals surface area contributed by atoms with Crippen LogP contribution in [0.15, 0.2) is 109 Å². The number of thioether (sulfide) groups is 1. The number of H-pyrrole nitrogens is 1. The number of aliphatic hydroxyl groups is 1. The van der Waals surface area contributed by atoms with E-state index in [9.17, 15) is 53.6 Å². The van der Waals surface area contributed by atoms with Crippen molar-refractivity contribution in [3.8, 4) is 5.75 Å². The zero-order chi connectivity index (χ0) is 104. The van der Waals surface area contributed by atoms with Crippen molar-refractivity contribution in [2.24, 2.45) is 29.0 Å². The Morgan fingerprint density at radius 3 is 1.87 bits per heavy atom. The van der Waals surface area contributed by atoms with E-state index in [4.69, 9.17) is 21.9 Å². The molecule has 2 saturated heterocycles. The summed E-state index contributed by atoms with van der Waals surface area (Å²) in [7, 11) is 1.93. The van der Waals surface area contributed by atoms with Crippen molar-refractivity contribution in [1.82, 2.24) is 92.5 Å². The van der Waals surface area contributed by atoms with Crippen LogP contribution in [-0.4, -0.2) is 319 Å². The number of hydrogen-bond acceptors (Lipinski definition) is 25. The van der Waals surface area contributed by atoms with Gasteiger partial charge >= 0.3 is 13.1 Å². The highest BCUT2D eigenvalue weighted by molar-refractivity contribution is 8.00. The first-order valence-electron chi connectivity index (χ1n) is 48.6. The topological polar surface area (TPSA) is 624 Å². The van der Waals surface area contributed by atoms with Gasteiger partial charge in [-0.1, -0.05) is 140 Å². The fraction of sp³-hybridized carbons (Fsp3) is 0.531. The molecule has 143 heavy (non-hydrogen) atoms. The molecule has 0 radical (unpaired) electrons. The first kappa shape index (κ1) is 111. The molecule has 4 aliphatic rings. The van der Waals surface area contributed by atoms with Crippen molar-refractivity contribution in [2.45, 2.75) is 255 Å². The number of aliphatic hydroxyl groups excluding tert-OH is 1. The summed E-state index contributed by atoms with van der Waals surface area (Å²) in [6.07, 6.45) is 0.638. The molecule has 0 unspecified atom stereocenters. The molecule has 21 N–H and O–H groups in total. The van der Waals surface area contributed by atoms with Gasteiger partial charge in [-0.3, -0.25) is 86.3 Å².